The van der Waals surface area contributed by atoms with Gasteiger partial charge in [0.25, 0.3) is 0 Å². The maximum atomic E-state index is 12.4. The largest absolute Gasteiger partial charge is 0.416 e. The first kappa shape index (κ1) is 16.0. The number of rotatable bonds is 6. The molecule has 0 saturated carbocycles. The quantitative estimate of drug-likeness (QED) is 0.832. The van der Waals surface area contributed by atoms with Crippen LogP contribution in [0, 0.1) is 0 Å². The van der Waals surface area contributed by atoms with Crippen LogP contribution in [-0.4, -0.2) is 17.7 Å². The van der Waals surface area contributed by atoms with Crippen LogP contribution in [0.4, 0.5) is 13.2 Å². The van der Waals surface area contributed by atoms with Crippen molar-refractivity contribution < 1.29 is 18.3 Å². The monoisotopic (exact) mass is 275 g/mol. The highest BCUT2D eigenvalue weighted by Gasteiger charge is 2.30. The molecule has 0 amide bonds. The van der Waals surface area contributed by atoms with E-state index >= 15 is 0 Å². The van der Waals surface area contributed by atoms with E-state index in [1.165, 1.54) is 12.1 Å². The lowest BCUT2D eigenvalue weighted by molar-refractivity contribution is -0.137. The highest BCUT2D eigenvalue weighted by Crippen LogP contribution is 2.29. The first-order valence-corrected chi connectivity index (χ1v) is 6.43. The molecule has 0 radical (unpaired) electrons. The van der Waals surface area contributed by atoms with Gasteiger partial charge in [0.15, 0.2) is 0 Å². The Kier molecular flexibility index (Phi) is 5.82. The zero-order chi connectivity index (χ0) is 14.5. The van der Waals surface area contributed by atoms with Crippen molar-refractivity contribution in [1.29, 1.82) is 0 Å². The van der Waals surface area contributed by atoms with Gasteiger partial charge in [-0.15, -0.1) is 0 Å². The molecular formula is C14H20F3NO. The fourth-order valence-corrected chi connectivity index (χ4v) is 1.86. The van der Waals surface area contributed by atoms with E-state index in [-0.39, 0.29) is 6.04 Å². The maximum absolute atomic E-state index is 12.4. The van der Waals surface area contributed by atoms with E-state index in [0.29, 0.717) is 12.1 Å². The molecule has 5 heteroatoms. The molecule has 0 bridgehead atoms. The summed E-state index contributed by atoms with van der Waals surface area (Å²) in [6.07, 6.45) is -3.08. The number of halogens is 3. The Morgan fingerprint density at radius 3 is 2.26 bits per heavy atom. The summed E-state index contributed by atoms with van der Waals surface area (Å²) in [6.45, 7) is 4.43. The van der Waals surface area contributed by atoms with Gasteiger partial charge in [-0.2, -0.15) is 13.2 Å². The van der Waals surface area contributed by atoms with Crippen LogP contribution in [0.15, 0.2) is 24.3 Å². The Labute approximate surface area is 111 Å². The summed E-state index contributed by atoms with van der Waals surface area (Å²) in [5.41, 5.74) is -0.208. The van der Waals surface area contributed by atoms with Crippen molar-refractivity contribution in [3.63, 3.8) is 0 Å². The number of hydrogen-bond acceptors (Lipinski definition) is 2. The second kappa shape index (κ2) is 6.91. The summed E-state index contributed by atoms with van der Waals surface area (Å²) in [7, 11) is 0. The predicted octanol–water partition coefficient (Wildman–Crippen LogP) is 3.52. The number of aliphatic hydroxyl groups excluding tert-OH is 1. The molecule has 108 valence electrons. The Bertz CT molecular complexity index is 375. The van der Waals surface area contributed by atoms with Crippen molar-refractivity contribution in [3.8, 4) is 0 Å². The van der Waals surface area contributed by atoms with E-state index in [4.69, 9.17) is 0 Å². The van der Waals surface area contributed by atoms with E-state index in [1.807, 2.05) is 6.92 Å². The van der Waals surface area contributed by atoms with Crippen molar-refractivity contribution in [2.45, 2.75) is 45.0 Å². The Hall–Kier alpha value is -1.07. The van der Waals surface area contributed by atoms with Crippen molar-refractivity contribution >= 4 is 0 Å². The van der Waals surface area contributed by atoms with Crippen LogP contribution < -0.4 is 5.32 Å². The average molecular weight is 275 g/mol. The molecule has 0 spiro atoms. The lowest BCUT2D eigenvalue weighted by Crippen LogP contribution is -2.30. The minimum absolute atomic E-state index is 0.286. The smallest absolute Gasteiger partial charge is 0.387 e. The molecule has 0 aliphatic heterocycles. The summed E-state index contributed by atoms with van der Waals surface area (Å²) in [6, 6.07) is 4.91. The second-order valence-corrected chi connectivity index (χ2v) is 4.73. The van der Waals surface area contributed by atoms with Gasteiger partial charge in [0.2, 0.25) is 0 Å². The molecule has 0 heterocycles. The first-order chi connectivity index (χ1) is 8.84. The molecule has 2 nitrogen and oxygen atoms in total. The van der Waals surface area contributed by atoms with Gasteiger partial charge in [-0.1, -0.05) is 25.5 Å². The maximum Gasteiger partial charge on any atom is 0.416 e. The lowest BCUT2D eigenvalue weighted by atomic mass is 10.1. The number of aliphatic hydroxyl groups is 1. The standard InChI is InChI=1S/C14H20F3NO/c1-3-4-10(2)18-9-13(19)11-5-7-12(8-6-11)14(15,16)17/h5-8,10,13,18-19H,3-4,9H2,1-2H3. The molecule has 2 N–H and O–H groups in total. The molecule has 1 aromatic rings. The van der Waals surface area contributed by atoms with E-state index in [0.717, 1.165) is 25.0 Å². The third-order valence-corrected chi connectivity index (χ3v) is 3.00. The zero-order valence-electron chi connectivity index (χ0n) is 11.2. The second-order valence-electron chi connectivity index (χ2n) is 4.73. The molecule has 1 rings (SSSR count). The summed E-state index contributed by atoms with van der Waals surface area (Å²) < 4.78 is 37.2. The third-order valence-electron chi connectivity index (χ3n) is 3.00. The number of hydrogen-bond donors (Lipinski definition) is 2. The molecular weight excluding hydrogens is 255 g/mol. The van der Waals surface area contributed by atoms with Crippen molar-refractivity contribution in [2.75, 3.05) is 6.54 Å². The van der Waals surface area contributed by atoms with Crippen molar-refractivity contribution in [2.24, 2.45) is 0 Å². The number of alkyl halides is 3. The fourth-order valence-electron chi connectivity index (χ4n) is 1.86. The molecule has 0 aliphatic rings. The topological polar surface area (TPSA) is 32.3 Å². The van der Waals surface area contributed by atoms with Gasteiger partial charge >= 0.3 is 6.18 Å². The highest BCUT2D eigenvalue weighted by atomic mass is 19.4. The predicted molar refractivity (Wildman–Crippen MR) is 68.8 cm³/mol. The number of nitrogens with one attached hydrogen (secondary N) is 1. The SMILES string of the molecule is CCCC(C)NCC(O)c1ccc(C(F)(F)F)cc1. The molecule has 2 unspecified atom stereocenters. The molecule has 19 heavy (non-hydrogen) atoms. The molecule has 2 atom stereocenters. The highest BCUT2D eigenvalue weighted by molar-refractivity contribution is 5.26. The van der Waals surface area contributed by atoms with Crippen molar-refractivity contribution in [3.05, 3.63) is 35.4 Å². The van der Waals surface area contributed by atoms with Crippen molar-refractivity contribution in [1.82, 2.24) is 5.32 Å². The van der Waals surface area contributed by atoms with Gasteiger partial charge in [-0.3, -0.25) is 0 Å². The number of benzene rings is 1. The zero-order valence-corrected chi connectivity index (χ0v) is 11.2. The molecule has 0 fully saturated rings. The molecule has 0 aliphatic carbocycles. The lowest BCUT2D eigenvalue weighted by Gasteiger charge is -2.17. The fraction of sp³-hybridized carbons (Fsp3) is 0.571. The van der Waals surface area contributed by atoms with Crippen LogP contribution >= 0.6 is 0 Å². The Morgan fingerprint density at radius 2 is 1.79 bits per heavy atom. The van der Waals surface area contributed by atoms with Crippen LogP contribution in [-0.2, 0) is 6.18 Å². The van der Waals surface area contributed by atoms with Gasteiger partial charge in [0.05, 0.1) is 11.7 Å². The van der Waals surface area contributed by atoms with Gasteiger partial charge in [0, 0.05) is 12.6 Å². The van der Waals surface area contributed by atoms with E-state index < -0.39 is 17.8 Å². The minimum Gasteiger partial charge on any atom is -0.387 e. The Balaban J connectivity index is 2.56. The minimum atomic E-state index is -4.34. The molecule has 0 aromatic heterocycles. The van der Waals surface area contributed by atoms with E-state index in [2.05, 4.69) is 12.2 Å². The van der Waals surface area contributed by atoms with Crippen LogP contribution in [0.5, 0.6) is 0 Å². The van der Waals surface area contributed by atoms with Gasteiger partial charge in [-0.05, 0) is 31.0 Å². The third kappa shape index (κ3) is 5.20. The summed E-state index contributed by atoms with van der Waals surface area (Å²) in [5.74, 6) is 0. The van der Waals surface area contributed by atoms with Crippen LogP contribution in [0.2, 0.25) is 0 Å². The van der Waals surface area contributed by atoms with Gasteiger partial charge in [0.1, 0.15) is 0 Å². The normalized spacial score (nSPS) is 15.3. The molecule has 1 aromatic carbocycles. The summed E-state index contributed by atoms with van der Waals surface area (Å²) in [5, 5.41) is 13.0. The van der Waals surface area contributed by atoms with Gasteiger partial charge < -0.3 is 10.4 Å². The van der Waals surface area contributed by atoms with Crippen LogP contribution in [0.1, 0.15) is 43.9 Å². The Morgan fingerprint density at radius 1 is 1.21 bits per heavy atom. The first-order valence-electron chi connectivity index (χ1n) is 6.43. The van der Waals surface area contributed by atoms with Crippen LogP contribution in [0.25, 0.3) is 0 Å². The van der Waals surface area contributed by atoms with E-state index in [9.17, 15) is 18.3 Å². The summed E-state index contributed by atoms with van der Waals surface area (Å²) >= 11 is 0. The van der Waals surface area contributed by atoms with E-state index in [1.54, 1.807) is 0 Å². The molecule has 0 saturated heterocycles. The average Bonchev–Trinajstić information content (AvgIpc) is 2.35. The van der Waals surface area contributed by atoms with Crippen LogP contribution in [0.3, 0.4) is 0 Å². The summed E-state index contributed by atoms with van der Waals surface area (Å²) in [4.78, 5) is 0. The van der Waals surface area contributed by atoms with Gasteiger partial charge in [-0.25, -0.2) is 0 Å².